The maximum Gasteiger partial charge on any atom is 0.335 e. The first-order valence-electron chi connectivity index (χ1n) is 9.78. The van der Waals surface area contributed by atoms with Gasteiger partial charge in [-0.1, -0.05) is 29.3 Å². The molecule has 1 aromatic heterocycles. The lowest BCUT2D eigenvalue weighted by Gasteiger charge is -2.26. The Hall–Kier alpha value is -3.95. The van der Waals surface area contributed by atoms with E-state index in [9.17, 15) is 24.5 Å². The van der Waals surface area contributed by atoms with E-state index in [1.54, 1.807) is 12.1 Å². The average molecular weight is 500 g/mol. The third-order valence-corrected chi connectivity index (χ3v) is 5.59. The summed E-state index contributed by atoms with van der Waals surface area (Å²) in [6.45, 7) is 3.64. The van der Waals surface area contributed by atoms with E-state index in [-0.39, 0.29) is 38.4 Å². The second-order valence-corrected chi connectivity index (χ2v) is 8.36. The molecule has 11 heteroatoms. The minimum Gasteiger partial charge on any atom is -0.457 e. The van der Waals surface area contributed by atoms with Crippen LogP contribution in [0.4, 0.5) is 16.2 Å². The number of carbonyl (C=O) groups excluding carboxylic acids is 3. The molecule has 0 atom stereocenters. The van der Waals surface area contributed by atoms with E-state index < -0.39 is 22.8 Å². The molecule has 0 unspecified atom stereocenters. The van der Waals surface area contributed by atoms with Crippen LogP contribution < -0.4 is 10.2 Å². The van der Waals surface area contributed by atoms with Gasteiger partial charge >= 0.3 is 6.03 Å². The number of nitrogens with zero attached hydrogens (tertiary/aromatic N) is 2. The van der Waals surface area contributed by atoms with Gasteiger partial charge in [0.1, 0.15) is 22.1 Å². The molecule has 0 aliphatic carbocycles. The van der Waals surface area contributed by atoms with Gasteiger partial charge in [-0.3, -0.25) is 25.0 Å². The van der Waals surface area contributed by atoms with Gasteiger partial charge in [-0.2, -0.15) is 0 Å². The van der Waals surface area contributed by atoms with Crippen molar-refractivity contribution in [3.8, 4) is 11.3 Å². The summed E-state index contributed by atoms with van der Waals surface area (Å²) in [7, 11) is 0. The van der Waals surface area contributed by atoms with Crippen LogP contribution in [-0.4, -0.2) is 22.8 Å². The van der Waals surface area contributed by atoms with Crippen LogP contribution in [0, 0.1) is 24.0 Å². The minimum absolute atomic E-state index is 0.0943. The number of nitro benzene ring substituents is 1. The first-order valence-corrected chi connectivity index (χ1v) is 10.5. The molecule has 2 aromatic carbocycles. The summed E-state index contributed by atoms with van der Waals surface area (Å²) >= 11 is 12.0. The lowest BCUT2D eigenvalue weighted by Crippen LogP contribution is -2.54. The van der Waals surface area contributed by atoms with E-state index in [0.29, 0.717) is 5.69 Å². The predicted octanol–water partition coefficient (Wildman–Crippen LogP) is 5.44. The molecule has 0 radical (unpaired) electrons. The molecular formula is C23H15Cl2N3O6. The third-order valence-electron chi connectivity index (χ3n) is 4.98. The van der Waals surface area contributed by atoms with E-state index in [1.807, 2.05) is 19.9 Å². The van der Waals surface area contributed by atoms with E-state index in [1.165, 1.54) is 30.3 Å². The third kappa shape index (κ3) is 4.30. The number of hydrogen-bond acceptors (Lipinski definition) is 6. The molecule has 1 fully saturated rings. The number of urea groups is 1. The fourth-order valence-corrected chi connectivity index (χ4v) is 4.10. The Morgan fingerprint density at radius 1 is 1.00 bits per heavy atom. The Bertz CT molecular complexity index is 1410. The van der Waals surface area contributed by atoms with Crippen molar-refractivity contribution in [2.75, 3.05) is 4.90 Å². The van der Waals surface area contributed by atoms with Gasteiger partial charge < -0.3 is 4.42 Å². The number of halogens is 2. The molecule has 1 aliphatic rings. The number of aryl methyl sites for hydroxylation is 2. The van der Waals surface area contributed by atoms with Gasteiger partial charge in [0, 0.05) is 11.6 Å². The molecule has 2 heterocycles. The van der Waals surface area contributed by atoms with E-state index >= 15 is 0 Å². The SMILES string of the molecule is Cc1cc(C)cc(N2C(=O)NC(=O)/C(=C\c3ccc(-c4cc([N+](=O)[O-])c(Cl)cc4Cl)o3)C2=O)c1. The lowest BCUT2D eigenvalue weighted by molar-refractivity contribution is -0.384. The maximum absolute atomic E-state index is 13.1. The van der Waals surface area contributed by atoms with Crippen LogP contribution in [0.1, 0.15) is 16.9 Å². The van der Waals surface area contributed by atoms with Gasteiger partial charge in [0.2, 0.25) is 0 Å². The quantitative estimate of drug-likeness (QED) is 0.220. The van der Waals surface area contributed by atoms with Gasteiger partial charge in [-0.05, 0) is 61.4 Å². The molecule has 0 bridgehead atoms. The van der Waals surface area contributed by atoms with Crippen LogP contribution in [0.2, 0.25) is 10.0 Å². The van der Waals surface area contributed by atoms with Crippen LogP contribution in [-0.2, 0) is 9.59 Å². The summed E-state index contributed by atoms with van der Waals surface area (Å²) in [6, 6.07) is 9.64. The molecular weight excluding hydrogens is 485 g/mol. The molecule has 4 rings (SSSR count). The summed E-state index contributed by atoms with van der Waals surface area (Å²) in [4.78, 5) is 49.3. The molecule has 0 saturated carbocycles. The molecule has 9 nitrogen and oxygen atoms in total. The maximum atomic E-state index is 13.1. The second-order valence-electron chi connectivity index (χ2n) is 7.55. The number of nitro groups is 1. The first-order chi connectivity index (χ1) is 16.0. The fraction of sp³-hybridized carbons (Fsp3) is 0.0870. The Balaban J connectivity index is 1.72. The number of imide groups is 2. The largest absolute Gasteiger partial charge is 0.457 e. The Morgan fingerprint density at radius 3 is 2.32 bits per heavy atom. The Kier molecular flexibility index (Phi) is 5.99. The van der Waals surface area contributed by atoms with Crippen LogP contribution in [0.3, 0.4) is 0 Å². The number of amides is 4. The van der Waals surface area contributed by atoms with Gasteiger partial charge in [-0.15, -0.1) is 0 Å². The van der Waals surface area contributed by atoms with Crippen molar-refractivity contribution in [3.63, 3.8) is 0 Å². The van der Waals surface area contributed by atoms with Gasteiger partial charge in [-0.25, -0.2) is 9.69 Å². The highest BCUT2D eigenvalue weighted by atomic mass is 35.5. The molecule has 1 saturated heterocycles. The monoisotopic (exact) mass is 499 g/mol. The van der Waals surface area contributed by atoms with E-state index in [4.69, 9.17) is 27.6 Å². The van der Waals surface area contributed by atoms with Crippen molar-refractivity contribution in [2.45, 2.75) is 13.8 Å². The van der Waals surface area contributed by atoms with Crippen molar-refractivity contribution in [2.24, 2.45) is 0 Å². The molecule has 172 valence electrons. The summed E-state index contributed by atoms with van der Waals surface area (Å²) in [5.41, 5.74) is 1.51. The molecule has 1 aliphatic heterocycles. The van der Waals surface area contributed by atoms with Crippen molar-refractivity contribution in [3.05, 3.63) is 85.1 Å². The van der Waals surface area contributed by atoms with Crippen LogP contribution in [0.5, 0.6) is 0 Å². The number of benzene rings is 2. The average Bonchev–Trinajstić information content (AvgIpc) is 3.18. The minimum atomic E-state index is -0.881. The van der Waals surface area contributed by atoms with Crippen molar-refractivity contribution in [1.82, 2.24) is 5.32 Å². The number of barbiturate groups is 1. The van der Waals surface area contributed by atoms with Gasteiger partial charge in [0.15, 0.2) is 0 Å². The number of anilines is 1. The highest BCUT2D eigenvalue weighted by Gasteiger charge is 2.37. The van der Waals surface area contributed by atoms with Crippen LogP contribution in [0.25, 0.3) is 17.4 Å². The van der Waals surface area contributed by atoms with Crippen LogP contribution in [0.15, 0.2) is 52.5 Å². The second kappa shape index (κ2) is 8.77. The Morgan fingerprint density at radius 2 is 1.68 bits per heavy atom. The molecule has 1 N–H and O–H groups in total. The number of furan rings is 1. The normalized spacial score (nSPS) is 15.1. The number of rotatable bonds is 4. The van der Waals surface area contributed by atoms with Crippen LogP contribution >= 0.6 is 23.2 Å². The zero-order chi connectivity index (χ0) is 24.7. The summed E-state index contributed by atoms with van der Waals surface area (Å²) in [6.07, 6.45) is 1.18. The lowest BCUT2D eigenvalue weighted by atomic mass is 10.1. The topological polar surface area (TPSA) is 123 Å². The van der Waals surface area contributed by atoms with Gasteiger partial charge in [0.25, 0.3) is 17.5 Å². The highest BCUT2D eigenvalue weighted by molar-refractivity contribution is 6.39. The number of hydrogen-bond donors (Lipinski definition) is 1. The Labute approximate surface area is 202 Å². The first kappa shape index (κ1) is 23.2. The predicted molar refractivity (Wildman–Crippen MR) is 126 cm³/mol. The summed E-state index contributed by atoms with van der Waals surface area (Å²) in [5, 5.41) is 13.3. The number of nitrogens with one attached hydrogen (secondary N) is 1. The van der Waals surface area contributed by atoms with Gasteiger partial charge in [0.05, 0.1) is 15.6 Å². The smallest absolute Gasteiger partial charge is 0.335 e. The molecule has 4 amide bonds. The van der Waals surface area contributed by atoms with Crippen molar-refractivity contribution in [1.29, 1.82) is 0 Å². The van der Waals surface area contributed by atoms with E-state index in [2.05, 4.69) is 5.32 Å². The zero-order valence-electron chi connectivity index (χ0n) is 17.7. The van der Waals surface area contributed by atoms with Crippen molar-refractivity contribution < 1.29 is 23.7 Å². The molecule has 0 spiro atoms. The summed E-state index contributed by atoms with van der Waals surface area (Å²) in [5.74, 6) is -1.45. The summed E-state index contributed by atoms with van der Waals surface area (Å²) < 4.78 is 5.67. The fourth-order valence-electron chi connectivity index (χ4n) is 3.56. The van der Waals surface area contributed by atoms with Crippen molar-refractivity contribution >= 4 is 58.5 Å². The number of carbonyl (C=O) groups is 3. The zero-order valence-corrected chi connectivity index (χ0v) is 19.2. The standard InChI is InChI=1S/C23H15Cl2N3O6/c1-11-5-12(2)7-13(6-11)27-22(30)16(21(29)26-23(27)31)8-14-3-4-20(34-14)15-9-19(28(32)33)18(25)10-17(15)24/h3-10H,1-2H3,(H,26,29,31)/b16-8+. The molecule has 34 heavy (non-hydrogen) atoms. The highest BCUT2D eigenvalue weighted by Crippen LogP contribution is 2.37. The van der Waals surface area contributed by atoms with E-state index in [0.717, 1.165) is 16.0 Å². The molecule has 3 aromatic rings.